The van der Waals surface area contributed by atoms with Crippen LogP contribution in [0.4, 0.5) is 0 Å². The van der Waals surface area contributed by atoms with E-state index in [0.29, 0.717) is 12.1 Å². The van der Waals surface area contributed by atoms with Gasteiger partial charge in [-0.05, 0) is 50.5 Å². The van der Waals surface area contributed by atoms with Gasteiger partial charge < -0.3 is 10.1 Å². The lowest BCUT2D eigenvalue weighted by atomic mass is 9.77. The summed E-state index contributed by atoms with van der Waals surface area (Å²) in [5.41, 5.74) is 0. The molecular formula is C15H29NO. The minimum atomic E-state index is 0.488. The van der Waals surface area contributed by atoms with Crippen LogP contribution in [0.5, 0.6) is 0 Å². The molecule has 1 heterocycles. The zero-order valence-corrected chi connectivity index (χ0v) is 11.6. The standard InChI is InChI=1S/C15H29NO/c1-3-16-15(14-6-4-5-11-17-14)13-9-7-12(2)8-10-13/h12-16H,3-11H2,1-2H3. The van der Waals surface area contributed by atoms with Crippen molar-refractivity contribution in [2.75, 3.05) is 13.2 Å². The van der Waals surface area contributed by atoms with Crippen LogP contribution in [-0.4, -0.2) is 25.3 Å². The molecule has 17 heavy (non-hydrogen) atoms. The largest absolute Gasteiger partial charge is 0.377 e. The minimum absolute atomic E-state index is 0.488. The lowest BCUT2D eigenvalue weighted by Crippen LogP contribution is -2.48. The molecule has 2 atom stereocenters. The summed E-state index contributed by atoms with van der Waals surface area (Å²) >= 11 is 0. The molecule has 2 nitrogen and oxygen atoms in total. The molecule has 0 aromatic carbocycles. The molecule has 0 aromatic heterocycles. The number of likely N-dealkylation sites (N-methyl/N-ethyl adjacent to an activating group) is 1. The molecule has 2 heteroatoms. The third-order valence-corrected chi connectivity index (χ3v) is 4.62. The Morgan fingerprint density at radius 3 is 2.47 bits per heavy atom. The third-order valence-electron chi connectivity index (χ3n) is 4.62. The molecule has 1 aliphatic heterocycles. The Balaban J connectivity index is 1.90. The van der Waals surface area contributed by atoms with Crippen molar-refractivity contribution < 1.29 is 4.74 Å². The summed E-state index contributed by atoms with van der Waals surface area (Å²) in [6.45, 7) is 6.68. The van der Waals surface area contributed by atoms with Gasteiger partial charge in [-0.15, -0.1) is 0 Å². The van der Waals surface area contributed by atoms with Gasteiger partial charge in [0, 0.05) is 12.6 Å². The fourth-order valence-electron chi connectivity index (χ4n) is 3.53. The van der Waals surface area contributed by atoms with Crippen LogP contribution in [0.25, 0.3) is 0 Å². The van der Waals surface area contributed by atoms with E-state index in [4.69, 9.17) is 4.74 Å². The van der Waals surface area contributed by atoms with Gasteiger partial charge in [0.15, 0.2) is 0 Å². The van der Waals surface area contributed by atoms with E-state index in [0.717, 1.165) is 25.0 Å². The molecule has 1 N–H and O–H groups in total. The number of hydrogen-bond acceptors (Lipinski definition) is 2. The highest BCUT2D eigenvalue weighted by Gasteiger charge is 2.32. The van der Waals surface area contributed by atoms with Gasteiger partial charge in [-0.1, -0.05) is 26.7 Å². The van der Waals surface area contributed by atoms with Crippen molar-refractivity contribution in [3.8, 4) is 0 Å². The van der Waals surface area contributed by atoms with Crippen LogP contribution in [0, 0.1) is 11.8 Å². The topological polar surface area (TPSA) is 21.3 Å². The number of nitrogens with one attached hydrogen (secondary N) is 1. The van der Waals surface area contributed by atoms with Gasteiger partial charge in [-0.25, -0.2) is 0 Å². The molecule has 1 saturated carbocycles. The fraction of sp³-hybridized carbons (Fsp3) is 1.00. The molecule has 2 rings (SSSR count). The van der Waals surface area contributed by atoms with Crippen LogP contribution in [0.3, 0.4) is 0 Å². The van der Waals surface area contributed by atoms with Gasteiger partial charge in [-0.3, -0.25) is 0 Å². The zero-order chi connectivity index (χ0) is 12.1. The summed E-state index contributed by atoms with van der Waals surface area (Å²) in [4.78, 5) is 0. The molecule has 2 unspecified atom stereocenters. The summed E-state index contributed by atoms with van der Waals surface area (Å²) in [6.07, 6.45) is 10.0. The van der Waals surface area contributed by atoms with Crippen LogP contribution >= 0.6 is 0 Å². The van der Waals surface area contributed by atoms with Crippen molar-refractivity contribution in [1.29, 1.82) is 0 Å². The average molecular weight is 239 g/mol. The van der Waals surface area contributed by atoms with E-state index in [-0.39, 0.29) is 0 Å². The Labute approximate surface area is 107 Å². The van der Waals surface area contributed by atoms with Gasteiger partial charge in [0.25, 0.3) is 0 Å². The van der Waals surface area contributed by atoms with Gasteiger partial charge in [0.1, 0.15) is 0 Å². The molecule has 2 aliphatic rings. The van der Waals surface area contributed by atoms with Crippen LogP contribution in [0.15, 0.2) is 0 Å². The first kappa shape index (κ1) is 13.4. The quantitative estimate of drug-likeness (QED) is 0.812. The molecule has 0 amide bonds. The Hall–Kier alpha value is -0.0800. The predicted octanol–water partition coefficient (Wildman–Crippen LogP) is 3.36. The minimum Gasteiger partial charge on any atom is -0.377 e. The van der Waals surface area contributed by atoms with Crippen molar-refractivity contribution in [2.45, 2.75) is 70.9 Å². The summed E-state index contributed by atoms with van der Waals surface area (Å²) < 4.78 is 6.01. The maximum Gasteiger partial charge on any atom is 0.0730 e. The van der Waals surface area contributed by atoms with Crippen LogP contribution < -0.4 is 5.32 Å². The third kappa shape index (κ3) is 3.69. The number of rotatable bonds is 4. The van der Waals surface area contributed by atoms with Gasteiger partial charge >= 0.3 is 0 Å². The summed E-state index contributed by atoms with van der Waals surface area (Å²) in [6, 6.07) is 0.618. The zero-order valence-electron chi connectivity index (χ0n) is 11.6. The molecule has 0 radical (unpaired) electrons. The lowest BCUT2D eigenvalue weighted by molar-refractivity contribution is -0.0262. The van der Waals surface area contributed by atoms with E-state index >= 15 is 0 Å². The van der Waals surface area contributed by atoms with Crippen LogP contribution in [0.1, 0.15) is 58.8 Å². The second kappa shape index (κ2) is 6.75. The molecule has 0 aromatic rings. The SMILES string of the molecule is CCNC(C1CCC(C)CC1)C1CCCCO1. The predicted molar refractivity (Wildman–Crippen MR) is 72.2 cm³/mol. The Morgan fingerprint density at radius 2 is 1.88 bits per heavy atom. The average Bonchev–Trinajstić information content (AvgIpc) is 2.38. The van der Waals surface area contributed by atoms with Crippen LogP contribution in [-0.2, 0) is 4.74 Å². The maximum atomic E-state index is 6.01. The normalized spacial score (nSPS) is 36.7. The van der Waals surface area contributed by atoms with Crippen molar-refractivity contribution in [3.63, 3.8) is 0 Å². The van der Waals surface area contributed by atoms with E-state index in [1.54, 1.807) is 0 Å². The highest BCUT2D eigenvalue weighted by molar-refractivity contribution is 4.87. The van der Waals surface area contributed by atoms with E-state index in [1.165, 1.54) is 44.9 Å². The van der Waals surface area contributed by atoms with E-state index in [1.807, 2.05) is 0 Å². The molecular weight excluding hydrogens is 210 g/mol. The maximum absolute atomic E-state index is 6.01. The van der Waals surface area contributed by atoms with Gasteiger partial charge in [0.2, 0.25) is 0 Å². The van der Waals surface area contributed by atoms with E-state index in [2.05, 4.69) is 19.2 Å². The van der Waals surface area contributed by atoms with E-state index in [9.17, 15) is 0 Å². The first-order chi connectivity index (χ1) is 8.31. The monoisotopic (exact) mass is 239 g/mol. The van der Waals surface area contributed by atoms with Crippen molar-refractivity contribution >= 4 is 0 Å². The smallest absolute Gasteiger partial charge is 0.0730 e. The first-order valence-corrected chi connectivity index (χ1v) is 7.66. The summed E-state index contributed by atoms with van der Waals surface area (Å²) in [7, 11) is 0. The molecule has 2 fully saturated rings. The number of ether oxygens (including phenoxy) is 1. The van der Waals surface area contributed by atoms with Crippen molar-refractivity contribution in [1.82, 2.24) is 5.32 Å². The van der Waals surface area contributed by atoms with Crippen molar-refractivity contribution in [3.05, 3.63) is 0 Å². The summed E-state index contributed by atoms with van der Waals surface area (Å²) in [5.74, 6) is 1.80. The summed E-state index contributed by atoms with van der Waals surface area (Å²) in [5, 5.41) is 3.71. The number of hydrogen-bond donors (Lipinski definition) is 1. The molecule has 1 aliphatic carbocycles. The second-order valence-corrected chi connectivity index (χ2v) is 6.01. The Morgan fingerprint density at radius 1 is 1.12 bits per heavy atom. The van der Waals surface area contributed by atoms with E-state index < -0.39 is 0 Å². The fourth-order valence-corrected chi connectivity index (χ4v) is 3.53. The Kier molecular flexibility index (Phi) is 5.30. The first-order valence-electron chi connectivity index (χ1n) is 7.66. The van der Waals surface area contributed by atoms with Gasteiger partial charge in [0.05, 0.1) is 6.10 Å². The van der Waals surface area contributed by atoms with Crippen molar-refractivity contribution in [2.24, 2.45) is 11.8 Å². The molecule has 0 spiro atoms. The molecule has 100 valence electrons. The lowest BCUT2D eigenvalue weighted by Gasteiger charge is -2.39. The van der Waals surface area contributed by atoms with Gasteiger partial charge in [-0.2, -0.15) is 0 Å². The highest BCUT2D eigenvalue weighted by atomic mass is 16.5. The highest BCUT2D eigenvalue weighted by Crippen LogP contribution is 2.33. The van der Waals surface area contributed by atoms with Crippen LogP contribution in [0.2, 0.25) is 0 Å². The molecule has 0 bridgehead atoms. The Bertz CT molecular complexity index is 205. The molecule has 1 saturated heterocycles. The second-order valence-electron chi connectivity index (χ2n) is 6.01.